The zero-order chi connectivity index (χ0) is 11.7. The molecule has 0 atom stereocenters. The molecule has 0 spiro atoms. The van der Waals surface area contributed by atoms with Gasteiger partial charge in [-0.1, -0.05) is 13.8 Å². The predicted molar refractivity (Wildman–Crippen MR) is 62.8 cm³/mol. The van der Waals surface area contributed by atoms with Gasteiger partial charge in [0.15, 0.2) is 0 Å². The highest BCUT2D eigenvalue weighted by Gasteiger charge is 2.12. The molecule has 0 rings (SSSR count). The molecule has 0 aromatic carbocycles. The van der Waals surface area contributed by atoms with Gasteiger partial charge in [-0.2, -0.15) is 0 Å². The van der Waals surface area contributed by atoms with Crippen molar-refractivity contribution < 1.29 is 9.53 Å². The Kier molecular flexibility index (Phi) is 8.38. The number of hydrogen-bond acceptors (Lipinski definition) is 2. The van der Waals surface area contributed by atoms with Crippen molar-refractivity contribution in [1.29, 1.82) is 0 Å². The Labute approximate surface area is 93.6 Å². The molecule has 0 saturated heterocycles. The van der Waals surface area contributed by atoms with Crippen molar-refractivity contribution in [2.24, 2.45) is 5.92 Å². The lowest BCUT2D eigenvalue weighted by Gasteiger charge is -2.13. The van der Waals surface area contributed by atoms with Crippen molar-refractivity contribution in [2.75, 3.05) is 13.2 Å². The number of hydrogen-bond donors (Lipinski definition) is 1. The van der Waals surface area contributed by atoms with Gasteiger partial charge in [0.2, 0.25) is 5.91 Å². The van der Waals surface area contributed by atoms with E-state index in [1.54, 1.807) is 0 Å². The summed E-state index contributed by atoms with van der Waals surface area (Å²) >= 11 is 0. The summed E-state index contributed by atoms with van der Waals surface area (Å²) in [5.74, 6) is 0.362. The molecule has 0 aliphatic carbocycles. The lowest BCUT2D eigenvalue weighted by molar-refractivity contribution is -0.125. The van der Waals surface area contributed by atoms with Gasteiger partial charge >= 0.3 is 0 Å². The summed E-state index contributed by atoms with van der Waals surface area (Å²) in [4.78, 5) is 11.6. The highest BCUT2D eigenvalue weighted by molar-refractivity contribution is 5.78. The Bertz CT molecular complexity index is 165. The molecule has 15 heavy (non-hydrogen) atoms. The summed E-state index contributed by atoms with van der Waals surface area (Å²) in [5.41, 5.74) is 0. The van der Waals surface area contributed by atoms with Crippen LogP contribution in [0, 0.1) is 5.92 Å². The van der Waals surface area contributed by atoms with E-state index in [1.807, 2.05) is 13.8 Å². The quantitative estimate of drug-likeness (QED) is 0.631. The highest BCUT2D eigenvalue weighted by Crippen LogP contribution is 2.06. The lowest BCUT2D eigenvalue weighted by Crippen LogP contribution is -2.31. The smallest absolute Gasteiger partial charge is 0.223 e. The van der Waals surface area contributed by atoms with Crippen LogP contribution in [-0.2, 0) is 9.53 Å². The molecule has 0 saturated carbocycles. The molecule has 0 aromatic heterocycles. The zero-order valence-electron chi connectivity index (χ0n) is 10.5. The minimum Gasteiger partial charge on any atom is -0.379 e. The van der Waals surface area contributed by atoms with Crippen LogP contribution in [0.4, 0.5) is 0 Å². The SMILES string of the molecule is CCC(CC)C(=O)NCCCOC(C)C. The van der Waals surface area contributed by atoms with Crippen LogP contribution in [0.1, 0.15) is 47.0 Å². The van der Waals surface area contributed by atoms with Gasteiger partial charge in [-0.05, 0) is 33.1 Å². The van der Waals surface area contributed by atoms with Gasteiger partial charge in [0.1, 0.15) is 0 Å². The first-order valence-electron chi connectivity index (χ1n) is 6.01. The largest absolute Gasteiger partial charge is 0.379 e. The second-order valence-corrected chi connectivity index (χ2v) is 4.08. The van der Waals surface area contributed by atoms with E-state index >= 15 is 0 Å². The van der Waals surface area contributed by atoms with Crippen molar-refractivity contribution in [1.82, 2.24) is 5.32 Å². The van der Waals surface area contributed by atoms with Crippen molar-refractivity contribution in [2.45, 2.75) is 53.1 Å². The van der Waals surface area contributed by atoms with E-state index in [-0.39, 0.29) is 17.9 Å². The molecule has 90 valence electrons. The number of carbonyl (C=O) groups excluding carboxylic acids is 1. The number of amides is 1. The predicted octanol–water partition coefficient (Wildman–Crippen LogP) is 2.35. The average molecular weight is 215 g/mol. The van der Waals surface area contributed by atoms with E-state index in [0.29, 0.717) is 0 Å². The molecule has 0 unspecified atom stereocenters. The number of ether oxygens (including phenoxy) is 1. The molecule has 0 aliphatic rings. The third-order valence-electron chi connectivity index (χ3n) is 2.43. The standard InChI is InChI=1S/C12H25NO2/c1-5-11(6-2)12(14)13-8-7-9-15-10(3)4/h10-11H,5-9H2,1-4H3,(H,13,14). The van der Waals surface area contributed by atoms with Crippen molar-refractivity contribution >= 4 is 5.91 Å². The molecular weight excluding hydrogens is 190 g/mol. The molecule has 0 aliphatic heterocycles. The third kappa shape index (κ3) is 7.37. The van der Waals surface area contributed by atoms with Crippen LogP contribution >= 0.6 is 0 Å². The molecule has 0 fully saturated rings. The fraction of sp³-hybridized carbons (Fsp3) is 0.917. The van der Waals surface area contributed by atoms with E-state index in [2.05, 4.69) is 19.2 Å². The topological polar surface area (TPSA) is 38.3 Å². The highest BCUT2D eigenvalue weighted by atomic mass is 16.5. The van der Waals surface area contributed by atoms with Gasteiger partial charge in [-0.3, -0.25) is 4.79 Å². The molecule has 3 heteroatoms. The molecular formula is C12H25NO2. The average Bonchev–Trinajstić information content (AvgIpc) is 2.18. The minimum atomic E-state index is 0.177. The Morgan fingerprint density at radius 1 is 1.27 bits per heavy atom. The Morgan fingerprint density at radius 2 is 1.87 bits per heavy atom. The zero-order valence-corrected chi connectivity index (χ0v) is 10.5. The Morgan fingerprint density at radius 3 is 2.33 bits per heavy atom. The van der Waals surface area contributed by atoms with E-state index < -0.39 is 0 Å². The van der Waals surface area contributed by atoms with Crippen LogP contribution in [0.5, 0.6) is 0 Å². The fourth-order valence-electron chi connectivity index (χ4n) is 1.41. The van der Waals surface area contributed by atoms with E-state index in [4.69, 9.17) is 4.74 Å². The summed E-state index contributed by atoms with van der Waals surface area (Å²) in [6, 6.07) is 0. The summed E-state index contributed by atoms with van der Waals surface area (Å²) < 4.78 is 5.39. The van der Waals surface area contributed by atoms with Gasteiger partial charge in [0, 0.05) is 19.1 Å². The van der Waals surface area contributed by atoms with Crippen LogP contribution in [0.25, 0.3) is 0 Å². The van der Waals surface area contributed by atoms with Crippen LogP contribution in [-0.4, -0.2) is 25.2 Å². The maximum atomic E-state index is 11.6. The Balaban J connectivity index is 3.46. The molecule has 1 N–H and O–H groups in total. The molecule has 3 nitrogen and oxygen atoms in total. The van der Waals surface area contributed by atoms with E-state index in [1.165, 1.54) is 0 Å². The molecule has 1 amide bonds. The minimum absolute atomic E-state index is 0.177. The lowest BCUT2D eigenvalue weighted by atomic mass is 10.0. The van der Waals surface area contributed by atoms with Crippen LogP contribution < -0.4 is 5.32 Å². The second kappa shape index (κ2) is 8.72. The summed E-state index contributed by atoms with van der Waals surface area (Å²) in [7, 11) is 0. The summed E-state index contributed by atoms with van der Waals surface area (Å²) in [6.45, 7) is 9.58. The first-order valence-corrected chi connectivity index (χ1v) is 6.01. The first-order chi connectivity index (χ1) is 7.11. The second-order valence-electron chi connectivity index (χ2n) is 4.08. The monoisotopic (exact) mass is 215 g/mol. The first kappa shape index (κ1) is 14.4. The van der Waals surface area contributed by atoms with Gasteiger partial charge in [0.05, 0.1) is 6.10 Å². The molecule has 0 radical (unpaired) electrons. The normalized spacial score (nSPS) is 11.1. The summed E-state index contributed by atoms with van der Waals surface area (Å²) in [6.07, 6.45) is 3.01. The Hall–Kier alpha value is -0.570. The molecule has 0 aromatic rings. The third-order valence-corrected chi connectivity index (χ3v) is 2.43. The van der Waals surface area contributed by atoms with Crippen molar-refractivity contribution in [3.8, 4) is 0 Å². The van der Waals surface area contributed by atoms with E-state index in [0.717, 1.165) is 32.4 Å². The van der Waals surface area contributed by atoms with Crippen molar-refractivity contribution in [3.63, 3.8) is 0 Å². The molecule has 0 bridgehead atoms. The maximum absolute atomic E-state index is 11.6. The van der Waals surface area contributed by atoms with Gasteiger partial charge in [-0.25, -0.2) is 0 Å². The number of carbonyl (C=O) groups is 1. The van der Waals surface area contributed by atoms with Gasteiger partial charge in [-0.15, -0.1) is 0 Å². The van der Waals surface area contributed by atoms with Crippen LogP contribution in [0.2, 0.25) is 0 Å². The van der Waals surface area contributed by atoms with Gasteiger partial charge in [0.25, 0.3) is 0 Å². The van der Waals surface area contributed by atoms with E-state index in [9.17, 15) is 4.79 Å². The fourth-order valence-corrected chi connectivity index (χ4v) is 1.41. The number of rotatable bonds is 8. The van der Waals surface area contributed by atoms with Gasteiger partial charge < -0.3 is 10.1 Å². The van der Waals surface area contributed by atoms with Crippen LogP contribution in [0.15, 0.2) is 0 Å². The maximum Gasteiger partial charge on any atom is 0.223 e. The summed E-state index contributed by atoms with van der Waals surface area (Å²) in [5, 5.41) is 2.94. The number of nitrogens with one attached hydrogen (secondary N) is 1. The van der Waals surface area contributed by atoms with Crippen molar-refractivity contribution in [3.05, 3.63) is 0 Å². The molecule has 0 heterocycles. The van der Waals surface area contributed by atoms with Crippen LogP contribution in [0.3, 0.4) is 0 Å².